The van der Waals surface area contributed by atoms with Crippen LogP contribution < -0.4 is 0 Å². The second-order valence-electron chi connectivity index (χ2n) is 6.06. The molecule has 2 aromatic carbocycles. The Balaban J connectivity index is 2.00. The molecule has 0 saturated carbocycles. The normalized spacial score (nSPS) is 19.1. The lowest BCUT2D eigenvalue weighted by atomic mass is 9.78. The molecule has 0 aliphatic heterocycles. The first-order chi connectivity index (χ1) is 10.1. The Kier molecular flexibility index (Phi) is 4.28. The van der Waals surface area contributed by atoms with E-state index >= 15 is 0 Å². The summed E-state index contributed by atoms with van der Waals surface area (Å²) in [4.78, 5) is 0. The highest BCUT2D eigenvalue weighted by molar-refractivity contribution is 6.31. The first-order valence-corrected chi connectivity index (χ1v) is 8.38. The van der Waals surface area contributed by atoms with Gasteiger partial charge in [-0.2, -0.15) is 0 Å². The van der Waals surface area contributed by atoms with E-state index in [-0.39, 0.29) is 5.38 Å². The topological polar surface area (TPSA) is 0 Å². The molecule has 0 saturated heterocycles. The van der Waals surface area contributed by atoms with Crippen LogP contribution in [0.15, 0.2) is 36.4 Å². The van der Waals surface area contributed by atoms with Gasteiger partial charge in [-0.05, 0) is 67.0 Å². The molecule has 0 aromatic heterocycles. The first-order valence-electron chi connectivity index (χ1n) is 7.56. The summed E-state index contributed by atoms with van der Waals surface area (Å²) in [6.07, 6.45) is 3.55. The lowest BCUT2D eigenvalue weighted by molar-refractivity contribution is 0.537. The van der Waals surface area contributed by atoms with Gasteiger partial charge < -0.3 is 0 Å². The predicted molar refractivity (Wildman–Crippen MR) is 91.6 cm³/mol. The van der Waals surface area contributed by atoms with Crippen molar-refractivity contribution in [2.24, 2.45) is 0 Å². The molecule has 2 unspecified atom stereocenters. The fourth-order valence-corrected chi connectivity index (χ4v) is 4.13. The zero-order chi connectivity index (χ0) is 15.0. The van der Waals surface area contributed by atoms with Crippen LogP contribution in [0.4, 0.5) is 0 Å². The second-order valence-corrected chi connectivity index (χ2v) is 6.93. The van der Waals surface area contributed by atoms with Crippen LogP contribution in [0, 0.1) is 13.8 Å². The fourth-order valence-electron chi connectivity index (χ4n) is 3.41. The van der Waals surface area contributed by atoms with Crippen molar-refractivity contribution in [2.45, 2.75) is 44.4 Å². The molecule has 2 atom stereocenters. The Hall–Kier alpha value is -0.980. The largest absolute Gasteiger partial charge is 0.117 e. The highest BCUT2D eigenvalue weighted by Gasteiger charge is 2.28. The van der Waals surface area contributed by atoms with Crippen LogP contribution in [0.2, 0.25) is 5.02 Å². The van der Waals surface area contributed by atoms with Crippen molar-refractivity contribution in [1.82, 2.24) is 0 Å². The smallest absolute Gasteiger partial charge is 0.0656 e. The standard InChI is InChI=1S/C19H20Cl2/c1-12-11-18(20)13(2)10-17(12)19(21)16-9-5-7-14-6-3-4-8-15(14)16/h3-4,6,8,10-11,16,19H,5,7,9H2,1-2H3. The van der Waals surface area contributed by atoms with Crippen molar-refractivity contribution in [1.29, 1.82) is 0 Å². The third kappa shape index (κ3) is 2.84. The maximum atomic E-state index is 6.90. The van der Waals surface area contributed by atoms with Gasteiger partial charge in [-0.25, -0.2) is 0 Å². The summed E-state index contributed by atoms with van der Waals surface area (Å²) >= 11 is 13.1. The van der Waals surface area contributed by atoms with E-state index in [1.165, 1.54) is 35.1 Å². The average molecular weight is 319 g/mol. The van der Waals surface area contributed by atoms with Crippen LogP contribution in [0.5, 0.6) is 0 Å². The van der Waals surface area contributed by atoms with E-state index in [0.717, 1.165) is 17.0 Å². The van der Waals surface area contributed by atoms with Gasteiger partial charge in [0.25, 0.3) is 0 Å². The molecule has 2 heteroatoms. The quantitative estimate of drug-likeness (QED) is 0.565. The van der Waals surface area contributed by atoms with Gasteiger partial charge in [0.2, 0.25) is 0 Å². The van der Waals surface area contributed by atoms with Crippen molar-refractivity contribution in [3.63, 3.8) is 0 Å². The maximum absolute atomic E-state index is 6.90. The van der Waals surface area contributed by atoms with E-state index in [1.54, 1.807) is 0 Å². The van der Waals surface area contributed by atoms with E-state index < -0.39 is 0 Å². The SMILES string of the molecule is Cc1cc(C(Cl)C2CCCc3ccccc32)c(C)cc1Cl. The molecule has 0 bridgehead atoms. The van der Waals surface area contributed by atoms with Crippen LogP contribution in [0.25, 0.3) is 0 Å². The van der Waals surface area contributed by atoms with E-state index in [2.05, 4.69) is 37.3 Å². The molecule has 0 N–H and O–H groups in total. The number of halogens is 2. The minimum absolute atomic E-state index is 0.0161. The summed E-state index contributed by atoms with van der Waals surface area (Å²) in [5, 5.41) is 0.839. The summed E-state index contributed by atoms with van der Waals surface area (Å²) in [6.45, 7) is 4.15. The van der Waals surface area contributed by atoms with Gasteiger partial charge in [-0.1, -0.05) is 41.9 Å². The number of benzene rings is 2. The summed E-state index contributed by atoms with van der Waals surface area (Å²) in [6, 6.07) is 12.9. The van der Waals surface area contributed by atoms with Crippen molar-refractivity contribution < 1.29 is 0 Å². The van der Waals surface area contributed by atoms with Crippen LogP contribution >= 0.6 is 23.2 Å². The number of fused-ring (bicyclic) bond motifs is 1. The van der Waals surface area contributed by atoms with Crippen molar-refractivity contribution >= 4 is 23.2 Å². The van der Waals surface area contributed by atoms with Gasteiger partial charge >= 0.3 is 0 Å². The van der Waals surface area contributed by atoms with Crippen LogP contribution in [0.3, 0.4) is 0 Å². The monoisotopic (exact) mass is 318 g/mol. The number of hydrogen-bond acceptors (Lipinski definition) is 0. The predicted octanol–water partition coefficient (Wildman–Crippen LogP) is 6.36. The molecule has 21 heavy (non-hydrogen) atoms. The second kappa shape index (κ2) is 6.02. The highest BCUT2D eigenvalue weighted by atomic mass is 35.5. The minimum atomic E-state index is 0.0161. The zero-order valence-electron chi connectivity index (χ0n) is 12.5. The summed E-state index contributed by atoms with van der Waals surface area (Å²) in [5.41, 5.74) is 6.40. The summed E-state index contributed by atoms with van der Waals surface area (Å²) in [5.74, 6) is 0.399. The van der Waals surface area contributed by atoms with E-state index in [0.29, 0.717) is 5.92 Å². The maximum Gasteiger partial charge on any atom is 0.0656 e. The number of aryl methyl sites for hydroxylation is 3. The number of hydrogen-bond donors (Lipinski definition) is 0. The van der Waals surface area contributed by atoms with Crippen LogP contribution in [-0.4, -0.2) is 0 Å². The molecule has 110 valence electrons. The Morgan fingerprint density at radius 1 is 1.10 bits per heavy atom. The molecule has 0 radical (unpaired) electrons. The molecule has 3 rings (SSSR count). The zero-order valence-corrected chi connectivity index (χ0v) is 14.0. The molecule has 0 nitrogen and oxygen atoms in total. The molecule has 0 spiro atoms. The Morgan fingerprint density at radius 3 is 2.67 bits per heavy atom. The third-order valence-electron chi connectivity index (χ3n) is 4.61. The third-order valence-corrected chi connectivity index (χ3v) is 5.56. The lowest BCUT2D eigenvalue weighted by Gasteiger charge is -2.30. The average Bonchev–Trinajstić information content (AvgIpc) is 2.49. The molecule has 0 amide bonds. The minimum Gasteiger partial charge on any atom is -0.117 e. The van der Waals surface area contributed by atoms with Crippen LogP contribution in [-0.2, 0) is 6.42 Å². The Bertz CT molecular complexity index is 661. The van der Waals surface area contributed by atoms with Gasteiger partial charge in [0.1, 0.15) is 0 Å². The molecule has 2 aromatic rings. The number of alkyl halides is 1. The van der Waals surface area contributed by atoms with Crippen molar-refractivity contribution in [3.05, 3.63) is 69.2 Å². The van der Waals surface area contributed by atoms with Gasteiger partial charge in [0, 0.05) is 10.9 Å². The first kappa shape index (κ1) is 14.9. The van der Waals surface area contributed by atoms with E-state index in [1.807, 2.05) is 13.0 Å². The Labute approximate surface area is 137 Å². The lowest BCUT2D eigenvalue weighted by Crippen LogP contribution is -2.15. The van der Waals surface area contributed by atoms with Gasteiger partial charge in [0.15, 0.2) is 0 Å². The van der Waals surface area contributed by atoms with Gasteiger partial charge in [-0.3, -0.25) is 0 Å². The number of rotatable bonds is 2. The fraction of sp³-hybridized carbons (Fsp3) is 0.368. The van der Waals surface area contributed by atoms with Crippen molar-refractivity contribution in [2.75, 3.05) is 0 Å². The molecule has 0 heterocycles. The molecule has 1 aliphatic rings. The van der Waals surface area contributed by atoms with E-state index in [4.69, 9.17) is 23.2 Å². The van der Waals surface area contributed by atoms with E-state index in [9.17, 15) is 0 Å². The Morgan fingerprint density at radius 2 is 1.86 bits per heavy atom. The van der Waals surface area contributed by atoms with Crippen molar-refractivity contribution in [3.8, 4) is 0 Å². The van der Waals surface area contributed by atoms with Gasteiger partial charge in [0.05, 0.1) is 5.38 Å². The highest BCUT2D eigenvalue weighted by Crippen LogP contribution is 2.45. The van der Waals surface area contributed by atoms with Crippen LogP contribution in [0.1, 0.15) is 52.0 Å². The molecule has 0 fully saturated rings. The molecular weight excluding hydrogens is 299 g/mol. The molecule has 1 aliphatic carbocycles. The summed E-state index contributed by atoms with van der Waals surface area (Å²) < 4.78 is 0. The van der Waals surface area contributed by atoms with Gasteiger partial charge in [-0.15, -0.1) is 11.6 Å². The molecular formula is C19H20Cl2. The summed E-state index contributed by atoms with van der Waals surface area (Å²) in [7, 11) is 0.